The molecule has 1 aliphatic carbocycles. The van der Waals surface area contributed by atoms with Crippen LogP contribution in [0.25, 0.3) is 0 Å². The van der Waals surface area contributed by atoms with Gasteiger partial charge in [-0.25, -0.2) is 0 Å². The average molecular weight is 324 g/mol. The van der Waals surface area contributed by atoms with E-state index in [0.717, 1.165) is 12.8 Å². The highest BCUT2D eigenvalue weighted by atomic mass is 79.9. The Bertz CT molecular complexity index is 435. The molecule has 0 bridgehead atoms. The van der Waals surface area contributed by atoms with E-state index in [2.05, 4.69) is 61.0 Å². The summed E-state index contributed by atoms with van der Waals surface area (Å²) in [5.74, 6) is 0.598. The van der Waals surface area contributed by atoms with Crippen molar-refractivity contribution < 1.29 is 0 Å². The van der Waals surface area contributed by atoms with Crippen molar-refractivity contribution in [2.45, 2.75) is 58.4 Å². The third-order valence-corrected chi connectivity index (χ3v) is 5.38. The van der Waals surface area contributed by atoms with E-state index in [1.54, 1.807) is 0 Å². The van der Waals surface area contributed by atoms with Crippen LogP contribution in [-0.4, -0.2) is 5.54 Å². The Hall–Kier alpha value is -0.340. The zero-order chi connectivity index (χ0) is 14.1. The van der Waals surface area contributed by atoms with Gasteiger partial charge in [0.15, 0.2) is 0 Å². The van der Waals surface area contributed by atoms with E-state index < -0.39 is 0 Å². The van der Waals surface area contributed by atoms with Crippen LogP contribution in [0.2, 0.25) is 0 Å². The van der Waals surface area contributed by atoms with Crippen molar-refractivity contribution in [3.05, 3.63) is 34.3 Å². The Morgan fingerprint density at radius 1 is 1.26 bits per heavy atom. The highest BCUT2D eigenvalue weighted by Crippen LogP contribution is 2.45. The summed E-state index contributed by atoms with van der Waals surface area (Å²) in [6.45, 7) is 7.01. The highest BCUT2D eigenvalue weighted by Gasteiger charge is 2.43. The zero-order valence-electron chi connectivity index (χ0n) is 12.4. The minimum absolute atomic E-state index is 0.0552. The summed E-state index contributed by atoms with van der Waals surface area (Å²) in [6.07, 6.45) is 6.00. The first kappa shape index (κ1) is 15.1. The van der Waals surface area contributed by atoms with E-state index in [4.69, 9.17) is 5.73 Å². The molecule has 2 N–H and O–H groups in total. The van der Waals surface area contributed by atoms with Crippen molar-refractivity contribution in [3.8, 4) is 0 Å². The summed E-state index contributed by atoms with van der Waals surface area (Å²) in [7, 11) is 0. The summed E-state index contributed by atoms with van der Waals surface area (Å²) in [5.41, 5.74) is 8.45. The molecule has 0 aliphatic heterocycles. The molecule has 1 aromatic carbocycles. The molecule has 1 saturated carbocycles. The summed E-state index contributed by atoms with van der Waals surface area (Å²) in [5, 5.41) is 0. The second-order valence-electron chi connectivity index (χ2n) is 7.17. The van der Waals surface area contributed by atoms with Crippen molar-refractivity contribution in [1.29, 1.82) is 0 Å². The second-order valence-corrected chi connectivity index (χ2v) is 8.02. The predicted octanol–water partition coefficient (Wildman–Crippen LogP) is 4.93. The van der Waals surface area contributed by atoms with Crippen molar-refractivity contribution in [3.63, 3.8) is 0 Å². The Balaban J connectivity index is 2.26. The lowest BCUT2D eigenvalue weighted by atomic mass is 9.61. The monoisotopic (exact) mass is 323 g/mol. The third kappa shape index (κ3) is 3.41. The van der Waals surface area contributed by atoms with E-state index >= 15 is 0 Å². The van der Waals surface area contributed by atoms with Crippen LogP contribution in [0.15, 0.2) is 28.7 Å². The first-order valence-corrected chi connectivity index (χ1v) is 8.14. The van der Waals surface area contributed by atoms with Crippen molar-refractivity contribution >= 4 is 15.9 Å². The van der Waals surface area contributed by atoms with Crippen molar-refractivity contribution in [2.75, 3.05) is 0 Å². The summed E-state index contributed by atoms with van der Waals surface area (Å²) in [4.78, 5) is 0. The molecule has 1 aliphatic rings. The lowest BCUT2D eigenvalue weighted by Crippen LogP contribution is -2.55. The molecule has 1 fully saturated rings. The minimum Gasteiger partial charge on any atom is -0.325 e. The lowest BCUT2D eigenvalue weighted by molar-refractivity contribution is 0.0792. The Morgan fingerprint density at radius 2 is 1.95 bits per heavy atom. The first-order chi connectivity index (χ1) is 8.83. The van der Waals surface area contributed by atoms with Gasteiger partial charge < -0.3 is 5.73 Å². The van der Waals surface area contributed by atoms with Gasteiger partial charge in [0, 0.05) is 10.0 Å². The molecule has 1 aromatic rings. The molecule has 106 valence electrons. The maximum absolute atomic E-state index is 6.87. The largest absolute Gasteiger partial charge is 0.325 e. The molecule has 0 saturated heterocycles. The number of nitrogens with two attached hydrogens (primary N) is 1. The third-order valence-electron chi connectivity index (χ3n) is 4.60. The maximum atomic E-state index is 6.87. The molecule has 2 heteroatoms. The summed E-state index contributed by atoms with van der Waals surface area (Å²) < 4.78 is 1.19. The molecule has 2 rings (SSSR count). The number of benzene rings is 1. The number of hydrogen-bond acceptors (Lipinski definition) is 1. The fraction of sp³-hybridized carbons (Fsp3) is 0.647. The average Bonchev–Trinajstić information content (AvgIpc) is 2.31. The summed E-state index contributed by atoms with van der Waals surface area (Å²) in [6, 6.07) is 8.50. The number of halogens is 1. The molecule has 2 unspecified atom stereocenters. The van der Waals surface area contributed by atoms with Gasteiger partial charge in [-0.2, -0.15) is 0 Å². The van der Waals surface area contributed by atoms with Gasteiger partial charge in [-0.3, -0.25) is 0 Å². The Labute approximate surface area is 126 Å². The number of rotatable bonds is 2. The van der Waals surface area contributed by atoms with Gasteiger partial charge in [-0.15, -0.1) is 0 Å². The quantitative estimate of drug-likeness (QED) is 0.820. The normalized spacial score (nSPS) is 28.4. The topological polar surface area (TPSA) is 26.0 Å². The van der Waals surface area contributed by atoms with Crippen LogP contribution in [0.5, 0.6) is 0 Å². The smallest absolute Gasteiger partial charge is 0.0229 e. The van der Waals surface area contributed by atoms with Crippen LogP contribution in [0.1, 0.15) is 52.0 Å². The molecule has 1 nitrogen and oxygen atoms in total. The Kier molecular flexibility index (Phi) is 4.42. The zero-order valence-corrected chi connectivity index (χ0v) is 14.0. The molecule has 0 spiro atoms. The molecular weight excluding hydrogens is 298 g/mol. The van der Waals surface area contributed by atoms with Crippen LogP contribution in [0, 0.1) is 11.3 Å². The lowest BCUT2D eigenvalue weighted by Gasteiger charge is -2.48. The van der Waals surface area contributed by atoms with Crippen molar-refractivity contribution in [2.24, 2.45) is 17.1 Å². The summed E-state index contributed by atoms with van der Waals surface area (Å²) >= 11 is 3.66. The van der Waals surface area contributed by atoms with Gasteiger partial charge in [-0.05, 0) is 42.2 Å². The fourth-order valence-electron chi connectivity index (χ4n) is 3.77. The Morgan fingerprint density at radius 3 is 2.58 bits per heavy atom. The predicted molar refractivity (Wildman–Crippen MR) is 86.2 cm³/mol. The molecule has 0 radical (unpaired) electrons. The van der Waals surface area contributed by atoms with Gasteiger partial charge in [0.2, 0.25) is 0 Å². The van der Waals surface area contributed by atoms with Gasteiger partial charge in [-0.1, -0.05) is 67.7 Å². The van der Waals surface area contributed by atoms with Crippen LogP contribution in [-0.2, 0) is 6.42 Å². The standard InChI is InChI=1S/C17H26BrN/c1-16(2,3)15-10-6-7-11-17(15,19)12-13-8-4-5-9-14(13)18/h4-5,8-9,15H,6-7,10-12,19H2,1-3H3. The molecule has 0 heterocycles. The molecule has 2 atom stereocenters. The van der Waals surface area contributed by atoms with E-state index in [1.165, 1.54) is 29.3 Å². The van der Waals surface area contributed by atoms with Gasteiger partial charge in [0.05, 0.1) is 0 Å². The van der Waals surface area contributed by atoms with Crippen LogP contribution in [0.4, 0.5) is 0 Å². The maximum Gasteiger partial charge on any atom is 0.0229 e. The van der Waals surface area contributed by atoms with Crippen LogP contribution < -0.4 is 5.73 Å². The van der Waals surface area contributed by atoms with Crippen molar-refractivity contribution in [1.82, 2.24) is 0 Å². The van der Waals surface area contributed by atoms with Gasteiger partial charge in [0.1, 0.15) is 0 Å². The van der Waals surface area contributed by atoms with E-state index in [1.807, 2.05) is 0 Å². The van der Waals surface area contributed by atoms with Gasteiger partial charge >= 0.3 is 0 Å². The molecule has 0 amide bonds. The second kappa shape index (κ2) is 5.57. The van der Waals surface area contributed by atoms with E-state index in [0.29, 0.717) is 5.92 Å². The van der Waals surface area contributed by atoms with E-state index in [9.17, 15) is 0 Å². The number of hydrogen-bond donors (Lipinski definition) is 1. The van der Waals surface area contributed by atoms with Crippen LogP contribution >= 0.6 is 15.9 Å². The minimum atomic E-state index is -0.0552. The molecular formula is C17H26BrN. The van der Waals surface area contributed by atoms with Crippen LogP contribution in [0.3, 0.4) is 0 Å². The van der Waals surface area contributed by atoms with Gasteiger partial charge in [0.25, 0.3) is 0 Å². The first-order valence-electron chi connectivity index (χ1n) is 7.35. The van der Waals surface area contributed by atoms with E-state index in [-0.39, 0.29) is 11.0 Å². The molecule has 0 aromatic heterocycles. The SMILES string of the molecule is CC(C)(C)C1CCCCC1(N)Cc1ccccc1Br. The highest BCUT2D eigenvalue weighted by molar-refractivity contribution is 9.10. The fourth-order valence-corrected chi connectivity index (χ4v) is 4.19. The molecule has 19 heavy (non-hydrogen) atoms.